The van der Waals surface area contributed by atoms with E-state index in [0.29, 0.717) is 6.04 Å². The Bertz CT molecular complexity index is 683. The number of aromatic nitrogens is 2. The van der Waals surface area contributed by atoms with Gasteiger partial charge in [0.25, 0.3) is 0 Å². The van der Waals surface area contributed by atoms with Crippen molar-refractivity contribution in [2.75, 3.05) is 31.5 Å². The predicted octanol–water partition coefficient (Wildman–Crippen LogP) is 2.69. The van der Waals surface area contributed by atoms with E-state index >= 15 is 0 Å². The van der Waals surface area contributed by atoms with Crippen molar-refractivity contribution in [1.29, 1.82) is 0 Å². The van der Waals surface area contributed by atoms with E-state index in [4.69, 9.17) is 0 Å². The number of nitrogens with one attached hydrogen (secondary N) is 2. The van der Waals surface area contributed by atoms with E-state index in [0.717, 1.165) is 51.4 Å². The second-order valence-electron chi connectivity index (χ2n) is 6.75. The molecule has 142 valence electrons. The molecular weight excluding hydrogens is 369 g/mol. The van der Waals surface area contributed by atoms with E-state index in [9.17, 15) is 0 Å². The minimum Gasteiger partial charge on any atom is -0.366 e. The SMILES string of the molecule is Cl.Cl.c1ccc(CN2CCC(Nc3ncnc4c3CCNCC4)C2)cc1. The van der Waals surface area contributed by atoms with Gasteiger partial charge >= 0.3 is 0 Å². The first-order chi connectivity index (χ1) is 11.9. The second-order valence-corrected chi connectivity index (χ2v) is 6.75. The first-order valence-corrected chi connectivity index (χ1v) is 8.95. The summed E-state index contributed by atoms with van der Waals surface area (Å²) in [6, 6.07) is 11.2. The molecule has 0 bridgehead atoms. The largest absolute Gasteiger partial charge is 0.366 e. The lowest BCUT2D eigenvalue weighted by Gasteiger charge is -2.19. The number of halogens is 2. The number of fused-ring (bicyclic) bond motifs is 1. The monoisotopic (exact) mass is 395 g/mol. The molecule has 2 aromatic rings. The molecule has 2 N–H and O–H groups in total. The molecule has 1 fully saturated rings. The summed E-state index contributed by atoms with van der Waals surface area (Å²) in [6.45, 7) is 5.27. The van der Waals surface area contributed by atoms with Crippen LogP contribution in [0.5, 0.6) is 0 Å². The minimum absolute atomic E-state index is 0. The summed E-state index contributed by atoms with van der Waals surface area (Å²) in [6.07, 6.45) is 4.89. The van der Waals surface area contributed by atoms with E-state index < -0.39 is 0 Å². The van der Waals surface area contributed by atoms with Crippen molar-refractivity contribution in [2.45, 2.75) is 31.8 Å². The number of likely N-dealkylation sites (tertiary alicyclic amines) is 1. The van der Waals surface area contributed by atoms with Gasteiger partial charge in [0, 0.05) is 44.2 Å². The third-order valence-electron chi connectivity index (χ3n) is 4.99. The number of rotatable bonds is 4. The molecular formula is C19H27Cl2N5. The standard InChI is InChI=1S/C19H25N5.2ClH/c1-2-4-15(5-3-1)12-24-11-8-16(13-24)23-19-17-6-9-20-10-7-18(17)21-14-22-19;;/h1-5,14,16,20H,6-13H2,(H,21,22,23);2*1H. The number of anilines is 1. The first kappa shape index (κ1) is 20.9. The van der Waals surface area contributed by atoms with E-state index in [1.54, 1.807) is 6.33 Å². The van der Waals surface area contributed by atoms with Crippen molar-refractivity contribution in [1.82, 2.24) is 20.2 Å². The van der Waals surface area contributed by atoms with Crippen LogP contribution in [0.4, 0.5) is 5.82 Å². The maximum absolute atomic E-state index is 4.54. The van der Waals surface area contributed by atoms with E-state index in [-0.39, 0.29) is 24.8 Å². The molecule has 7 heteroatoms. The molecule has 0 saturated carbocycles. The summed E-state index contributed by atoms with van der Waals surface area (Å²) in [5, 5.41) is 7.14. The molecule has 1 atom stereocenters. The fraction of sp³-hybridized carbons (Fsp3) is 0.474. The van der Waals surface area contributed by atoms with Gasteiger partial charge in [-0.15, -0.1) is 24.8 Å². The van der Waals surface area contributed by atoms with Crippen molar-refractivity contribution in [3.8, 4) is 0 Å². The van der Waals surface area contributed by atoms with Crippen molar-refractivity contribution in [3.63, 3.8) is 0 Å². The molecule has 1 aromatic carbocycles. The normalized spacial score (nSPS) is 19.6. The van der Waals surface area contributed by atoms with Gasteiger partial charge < -0.3 is 10.6 Å². The molecule has 0 aliphatic carbocycles. The van der Waals surface area contributed by atoms with Gasteiger partial charge in [0.15, 0.2) is 0 Å². The summed E-state index contributed by atoms with van der Waals surface area (Å²) in [4.78, 5) is 11.5. The highest BCUT2D eigenvalue weighted by Gasteiger charge is 2.24. The molecule has 1 aromatic heterocycles. The van der Waals surface area contributed by atoms with Crippen LogP contribution in [0.2, 0.25) is 0 Å². The Hall–Kier alpha value is -1.40. The lowest BCUT2D eigenvalue weighted by atomic mass is 10.1. The Kier molecular flexibility index (Phi) is 8.10. The summed E-state index contributed by atoms with van der Waals surface area (Å²) >= 11 is 0. The summed E-state index contributed by atoms with van der Waals surface area (Å²) in [5.41, 5.74) is 3.90. The molecule has 0 amide bonds. The lowest BCUT2D eigenvalue weighted by Crippen LogP contribution is -2.27. The highest BCUT2D eigenvalue weighted by Crippen LogP contribution is 2.22. The van der Waals surface area contributed by atoms with Gasteiger partial charge in [-0.1, -0.05) is 30.3 Å². The highest BCUT2D eigenvalue weighted by atomic mass is 35.5. The third-order valence-corrected chi connectivity index (χ3v) is 4.99. The zero-order valence-electron chi connectivity index (χ0n) is 14.9. The molecule has 3 heterocycles. The summed E-state index contributed by atoms with van der Waals surface area (Å²) < 4.78 is 0. The van der Waals surface area contributed by atoms with Crippen LogP contribution >= 0.6 is 24.8 Å². The predicted molar refractivity (Wildman–Crippen MR) is 111 cm³/mol. The van der Waals surface area contributed by atoms with Crippen LogP contribution in [0.1, 0.15) is 23.2 Å². The maximum Gasteiger partial charge on any atom is 0.133 e. The molecule has 4 rings (SSSR count). The Morgan fingerprint density at radius 2 is 1.88 bits per heavy atom. The van der Waals surface area contributed by atoms with Gasteiger partial charge in [0.1, 0.15) is 12.1 Å². The van der Waals surface area contributed by atoms with E-state index in [2.05, 4.69) is 55.8 Å². The fourth-order valence-corrected chi connectivity index (χ4v) is 3.73. The third kappa shape index (κ3) is 5.07. The number of nitrogens with zero attached hydrogens (tertiary/aromatic N) is 3. The molecule has 1 saturated heterocycles. The zero-order valence-corrected chi connectivity index (χ0v) is 16.5. The van der Waals surface area contributed by atoms with Crippen molar-refractivity contribution in [3.05, 3.63) is 53.5 Å². The molecule has 26 heavy (non-hydrogen) atoms. The van der Waals surface area contributed by atoms with E-state index in [1.807, 2.05) is 0 Å². The van der Waals surface area contributed by atoms with Crippen LogP contribution in [0, 0.1) is 0 Å². The Labute approximate surface area is 167 Å². The molecule has 2 aliphatic heterocycles. The van der Waals surface area contributed by atoms with E-state index in [1.165, 1.54) is 23.2 Å². The molecule has 0 spiro atoms. The van der Waals surface area contributed by atoms with Gasteiger partial charge in [0.05, 0.1) is 5.69 Å². The smallest absolute Gasteiger partial charge is 0.133 e. The Morgan fingerprint density at radius 3 is 2.73 bits per heavy atom. The van der Waals surface area contributed by atoms with Gasteiger partial charge in [-0.2, -0.15) is 0 Å². The number of hydrogen-bond acceptors (Lipinski definition) is 5. The van der Waals surface area contributed by atoms with Gasteiger partial charge in [-0.05, 0) is 24.9 Å². The topological polar surface area (TPSA) is 53.1 Å². The number of hydrogen-bond donors (Lipinski definition) is 2. The molecule has 0 radical (unpaired) electrons. The highest BCUT2D eigenvalue weighted by molar-refractivity contribution is 5.85. The van der Waals surface area contributed by atoms with Crippen LogP contribution in [0.3, 0.4) is 0 Å². The molecule has 5 nitrogen and oxygen atoms in total. The van der Waals surface area contributed by atoms with Crippen molar-refractivity contribution >= 4 is 30.6 Å². The average molecular weight is 396 g/mol. The number of benzene rings is 1. The van der Waals surface area contributed by atoms with Gasteiger partial charge in [-0.3, -0.25) is 4.90 Å². The van der Waals surface area contributed by atoms with Crippen molar-refractivity contribution in [2.24, 2.45) is 0 Å². The molecule has 2 aliphatic rings. The maximum atomic E-state index is 4.54. The Balaban J connectivity index is 0.00000121. The quantitative estimate of drug-likeness (QED) is 0.833. The second kappa shape index (κ2) is 10.1. The lowest BCUT2D eigenvalue weighted by molar-refractivity contribution is 0.328. The zero-order chi connectivity index (χ0) is 16.2. The van der Waals surface area contributed by atoms with Crippen LogP contribution < -0.4 is 10.6 Å². The van der Waals surface area contributed by atoms with Crippen LogP contribution in [-0.4, -0.2) is 47.1 Å². The van der Waals surface area contributed by atoms with Crippen LogP contribution in [-0.2, 0) is 19.4 Å². The van der Waals surface area contributed by atoms with Crippen LogP contribution in [0.25, 0.3) is 0 Å². The summed E-state index contributed by atoms with van der Waals surface area (Å²) in [7, 11) is 0. The van der Waals surface area contributed by atoms with Gasteiger partial charge in [-0.25, -0.2) is 9.97 Å². The average Bonchev–Trinajstić information content (AvgIpc) is 2.90. The fourth-order valence-electron chi connectivity index (χ4n) is 3.73. The summed E-state index contributed by atoms with van der Waals surface area (Å²) in [5.74, 6) is 1.05. The minimum atomic E-state index is 0. The van der Waals surface area contributed by atoms with Crippen molar-refractivity contribution < 1.29 is 0 Å². The first-order valence-electron chi connectivity index (χ1n) is 8.95. The Morgan fingerprint density at radius 1 is 1.08 bits per heavy atom. The van der Waals surface area contributed by atoms with Gasteiger partial charge in [0.2, 0.25) is 0 Å². The molecule has 1 unspecified atom stereocenters. The van der Waals surface area contributed by atoms with Crippen LogP contribution in [0.15, 0.2) is 36.7 Å².